The van der Waals surface area contributed by atoms with E-state index in [1.54, 1.807) is 0 Å². The molecule has 1 aromatic rings. The maximum absolute atomic E-state index is 11.0. The summed E-state index contributed by atoms with van der Waals surface area (Å²) in [5.74, 6) is 0.618. The van der Waals surface area contributed by atoms with Crippen LogP contribution in [-0.4, -0.2) is 46.5 Å². The van der Waals surface area contributed by atoms with Crippen molar-refractivity contribution in [1.82, 2.24) is 9.88 Å². The van der Waals surface area contributed by atoms with Gasteiger partial charge in [-0.25, -0.2) is 4.98 Å². The minimum atomic E-state index is -0.418. The summed E-state index contributed by atoms with van der Waals surface area (Å²) in [6, 6.07) is 3.63. The Balaban J connectivity index is 1.87. The van der Waals surface area contributed by atoms with Gasteiger partial charge in [-0.1, -0.05) is 18.0 Å². The third-order valence-corrected chi connectivity index (χ3v) is 4.65. The highest BCUT2D eigenvalue weighted by Crippen LogP contribution is 2.30. The molecular weight excluding hydrogens is 292 g/mol. The highest BCUT2D eigenvalue weighted by molar-refractivity contribution is 6.29. The van der Waals surface area contributed by atoms with Crippen LogP contribution in [0.3, 0.4) is 0 Å². The predicted octanol–water partition coefficient (Wildman–Crippen LogP) is 2.71. The van der Waals surface area contributed by atoms with Crippen molar-refractivity contribution < 1.29 is 4.92 Å². The fourth-order valence-electron chi connectivity index (χ4n) is 3.39. The van der Waals surface area contributed by atoms with Gasteiger partial charge < -0.3 is 4.90 Å². The molecule has 2 unspecified atom stereocenters. The summed E-state index contributed by atoms with van der Waals surface area (Å²) < 4.78 is 0. The number of piperidine rings is 1. The summed E-state index contributed by atoms with van der Waals surface area (Å²) in [7, 11) is 0. The second-order valence-corrected chi connectivity index (χ2v) is 6.30. The van der Waals surface area contributed by atoms with Gasteiger partial charge in [0.1, 0.15) is 11.0 Å². The number of aromatic nitrogens is 1. The number of hydrogen-bond donors (Lipinski definition) is 0. The van der Waals surface area contributed by atoms with E-state index >= 15 is 0 Å². The Hall–Kier alpha value is -1.40. The van der Waals surface area contributed by atoms with Gasteiger partial charge >= 0.3 is 0 Å². The summed E-state index contributed by atoms with van der Waals surface area (Å²) in [5, 5.41) is 11.2. The van der Waals surface area contributed by atoms with E-state index in [9.17, 15) is 10.1 Å². The minimum Gasteiger partial charge on any atom is -0.351 e. The van der Waals surface area contributed by atoms with Crippen LogP contribution >= 0.6 is 11.6 Å². The molecule has 2 aliphatic rings. The normalized spacial score (nSPS) is 26.5. The van der Waals surface area contributed by atoms with Gasteiger partial charge in [0.05, 0.1) is 17.1 Å². The van der Waals surface area contributed by atoms with Crippen molar-refractivity contribution in [3.8, 4) is 0 Å². The molecule has 6 nitrogen and oxygen atoms in total. The third kappa shape index (κ3) is 2.96. The van der Waals surface area contributed by atoms with Gasteiger partial charge in [0.2, 0.25) is 0 Å². The summed E-state index contributed by atoms with van der Waals surface area (Å²) in [6.45, 7) is 5.14. The first-order valence-corrected chi connectivity index (χ1v) is 7.75. The first kappa shape index (κ1) is 14.5. The molecular formula is C14H19ClN4O2. The van der Waals surface area contributed by atoms with Crippen LogP contribution in [0.25, 0.3) is 0 Å². The first-order valence-electron chi connectivity index (χ1n) is 7.37. The molecule has 0 bridgehead atoms. The molecule has 0 spiro atoms. The molecule has 7 heteroatoms. The molecule has 3 heterocycles. The van der Waals surface area contributed by atoms with E-state index in [-0.39, 0.29) is 16.9 Å². The van der Waals surface area contributed by atoms with Gasteiger partial charge in [-0.05, 0) is 26.3 Å². The van der Waals surface area contributed by atoms with Crippen molar-refractivity contribution in [3.63, 3.8) is 0 Å². The van der Waals surface area contributed by atoms with Gasteiger partial charge in [-0.2, -0.15) is 0 Å². The molecule has 2 aliphatic heterocycles. The van der Waals surface area contributed by atoms with Crippen LogP contribution in [0.5, 0.6) is 0 Å². The number of anilines is 1. The summed E-state index contributed by atoms with van der Waals surface area (Å²) >= 11 is 5.95. The van der Waals surface area contributed by atoms with Crippen LogP contribution in [0.2, 0.25) is 5.15 Å². The summed E-state index contributed by atoms with van der Waals surface area (Å²) in [5.41, 5.74) is 0.00303. The Morgan fingerprint density at radius 3 is 2.95 bits per heavy atom. The van der Waals surface area contributed by atoms with E-state index in [1.807, 2.05) is 0 Å². The largest absolute Gasteiger partial charge is 0.351 e. The lowest BCUT2D eigenvalue weighted by Crippen LogP contribution is -2.59. The van der Waals surface area contributed by atoms with Crippen molar-refractivity contribution in [3.05, 3.63) is 27.4 Å². The van der Waals surface area contributed by atoms with Crippen molar-refractivity contribution in [2.45, 2.75) is 38.3 Å². The van der Waals surface area contributed by atoms with Crippen LogP contribution in [0.4, 0.5) is 11.5 Å². The number of rotatable bonds is 2. The Morgan fingerprint density at radius 2 is 2.19 bits per heavy atom. The van der Waals surface area contributed by atoms with Gasteiger partial charge in [0, 0.05) is 25.2 Å². The van der Waals surface area contributed by atoms with Gasteiger partial charge in [0.25, 0.3) is 5.69 Å². The van der Waals surface area contributed by atoms with Crippen LogP contribution in [-0.2, 0) is 0 Å². The highest BCUT2D eigenvalue weighted by atomic mass is 35.5. The molecule has 2 fully saturated rings. The average molecular weight is 311 g/mol. The topological polar surface area (TPSA) is 62.5 Å². The fourth-order valence-corrected chi connectivity index (χ4v) is 3.59. The molecule has 0 radical (unpaired) electrons. The smallest absolute Gasteiger partial charge is 0.276 e. The summed E-state index contributed by atoms with van der Waals surface area (Å²) in [6.07, 6.45) is 3.71. The van der Waals surface area contributed by atoms with Gasteiger partial charge in [0.15, 0.2) is 0 Å². The minimum absolute atomic E-state index is 0.00303. The Bertz CT molecular complexity index is 554. The number of pyridine rings is 1. The molecule has 0 saturated carbocycles. The lowest BCUT2D eigenvalue weighted by molar-refractivity contribution is -0.384. The van der Waals surface area contributed by atoms with E-state index < -0.39 is 4.92 Å². The predicted molar refractivity (Wildman–Crippen MR) is 81.9 cm³/mol. The maximum Gasteiger partial charge on any atom is 0.276 e. The van der Waals surface area contributed by atoms with E-state index in [2.05, 4.69) is 21.7 Å². The number of piperazine rings is 1. The van der Waals surface area contributed by atoms with Crippen molar-refractivity contribution in [2.24, 2.45) is 0 Å². The lowest BCUT2D eigenvalue weighted by atomic mass is 9.97. The zero-order valence-electron chi connectivity index (χ0n) is 12.0. The zero-order valence-corrected chi connectivity index (χ0v) is 12.8. The van der Waals surface area contributed by atoms with Crippen molar-refractivity contribution in [1.29, 1.82) is 0 Å². The Labute approximate surface area is 128 Å². The number of halogens is 1. The zero-order chi connectivity index (χ0) is 15.0. The third-order valence-electron chi connectivity index (χ3n) is 4.46. The van der Waals surface area contributed by atoms with Gasteiger partial charge in [-0.15, -0.1) is 0 Å². The van der Waals surface area contributed by atoms with E-state index in [0.717, 1.165) is 19.6 Å². The van der Waals surface area contributed by atoms with Gasteiger partial charge in [-0.3, -0.25) is 15.0 Å². The first-order chi connectivity index (χ1) is 10.0. The van der Waals surface area contributed by atoms with Crippen molar-refractivity contribution in [2.75, 3.05) is 24.5 Å². The number of fused-ring (bicyclic) bond motifs is 1. The Morgan fingerprint density at radius 1 is 1.38 bits per heavy atom. The molecule has 0 N–H and O–H groups in total. The molecule has 0 aromatic carbocycles. The molecule has 21 heavy (non-hydrogen) atoms. The molecule has 114 valence electrons. The monoisotopic (exact) mass is 310 g/mol. The Kier molecular flexibility index (Phi) is 3.99. The van der Waals surface area contributed by atoms with Crippen LogP contribution in [0.1, 0.15) is 26.2 Å². The van der Waals surface area contributed by atoms with E-state index in [4.69, 9.17) is 11.6 Å². The quantitative estimate of drug-likeness (QED) is 0.477. The summed E-state index contributed by atoms with van der Waals surface area (Å²) in [4.78, 5) is 19.6. The molecule has 3 rings (SSSR count). The highest BCUT2D eigenvalue weighted by Gasteiger charge is 2.34. The lowest BCUT2D eigenvalue weighted by Gasteiger charge is -2.47. The van der Waals surface area contributed by atoms with Crippen LogP contribution in [0, 0.1) is 10.1 Å². The second kappa shape index (κ2) is 5.77. The van der Waals surface area contributed by atoms with Crippen LogP contribution in [0.15, 0.2) is 12.1 Å². The number of nitrogens with zero attached hydrogens (tertiary/aromatic N) is 4. The SMILES string of the molecule is CC1CN2CCCCC2CN1c1cc([N+](=O)[O-])cc(Cl)n1. The standard InChI is InChI=1S/C14H19ClN4O2/c1-10-8-17-5-3-2-4-11(17)9-18(10)14-7-12(19(20)21)6-13(15)16-14/h6-7,10-11H,2-5,8-9H2,1H3. The van der Waals surface area contributed by atoms with E-state index in [1.165, 1.54) is 31.4 Å². The van der Waals surface area contributed by atoms with Crippen molar-refractivity contribution >= 4 is 23.1 Å². The van der Waals surface area contributed by atoms with Crippen LogP contribution < -0.4 is 4.90 Å². The second-order valence-electron chi connectivity index (χ2n) is 5.91. The molecule has 2 atom stereocenters. The van der Waals surface area contributed by atoms with E-state index in [0.29, 0.717) is 11.9 Å². The number of hydrogen-bond acceptors (Lipinski definition) is 5. The molecule has 2 saturated heterocycles. The molecule has 0 aliphatic carbocycles. The molecule has 0 amide bonds. The average Bonchev–Trinajstić information content (AvgIpc) is 2.45. The fraction of sp³-hybridized carbons (Fsp3) is 0.643. The molecule has 1 aromatic heterocycles. The number of nitro groups is 1. The maximum atomic E-state index is 11.0.